The molecule has 1 rings (SSSR count). The Balaban J connectivity index is 2.91. The van der Waals surface area contributed by atoms with Crippen molar-refractivity contribution in [3.63, 3.8) is 0 Å². The standard InChI is InChI=1S/C11H10F2O/c1-2-4-8(14)7-9-10(12)5-3-6-11(9)13/h2-6H,7H2,1H3/b4-2+. The van der Waals surface area contributed by atoms with Gasteiger partial charge in [-0.25, -0.2) is 8.78 Å². The van der Waals surface area contributed by atoms with E-state index < -0.39 is 11.6 Å². The number of rotatable bonds is 3. The molecule has 0 amide bonds. The van der Waals surface area contributed by atoms with Crippen molar-refractivity contribution >= 4 is 5.78 Å². The molecule has 0 spiro atoms. The highest BCUT2D eigenvalue weighted by Gasteiger charge is 2.10. The summed E-state index contributed by atoms with van der Waals surface area (Å²) in [7, 11) is 0. The second kappa shape index (κ2) is 4.65. The van der Waals surface area contributed by atoms with Crippen molar-refractivity contribution in [2.45, 2.75) is 13.3 Å². The van der Waals surface area contributed by atoms with Crippen LogP contribution < -0.4 is 0 Å². The molecule has 0 atom stereocenters. The van der Waals surface area contributed by atoms with Crippen molar-refractivity contribution in [2.24, 2.45) is 0 Å². The molecule has 0 aliphatic rings. The van der Waals surface area contributed by atoms with Gasteiger partial charge in [0.1, 0.15) is 11.6 Å². The first-order chi connectivity index (χ1) is 6.65. The third-order valence-electron chi connectivity index (χ3n) is 1.77. The maximum atomic E-state index is 13.0. The Hall–Kier alpha value is -1.51. The molecule has 0 saturated carbocycles. The molecule has 0 aliphatic carbocycles. The maximum absolute atomic E-state index is 13.0. The van der Waals surface area contributed by atoms with Gasteiger partial charge in [0.05, 0.1) is 0 Å². The molecule has 1 aromatic rings. The highest BCUT2D eigenvalue weighted by molar-refractivity contribution is 5.91. The van der Waals surface area contributed by atoms with Crippen LogP contribution in [0, 0.1) is 11.6 Å². The first kappa shape index (κ1) is 10.6. The first-order valence-electron chi connectivity index (χ1n) is 4.23. The molecule has 1 nitrogen and oxygen atoms in total. The zero-order valence-electron chi connectivity index (χ0n) is 7.76. The number of carbonyl (C=O) groups is 1. The van der Waals surface area contributed by atoms with Crippen molar-refractivity contribution in [3.05, 3.63) is 47.5 Å². The molecule has 0 saturated heterocycles. The highest BCUT2D eigenvalue weighted by atomic mass is 19.1. The molecule has 0 aliphatic heterocycles. The molecule has 3 heteroatoms. The van der Waals surface area contributed by atoms with Crippen molar-refractivity contribution in [1.29, 1.82) is 0 Å². The number of carbonyl (C=O) groups excluding carboxylic acids is 1. The van der Waals surface area contributed by atoms with Crippen molar-refractivity contribution in [2.75, 3.05) is 0 Å². The summed E-state index contributed by atoms with van der Waals surface area (Å²) in [5, 5.41) is 0. The number of halogens is 2. The monoisotopic (exact) mass is 196 g/mol. The van der Waals surface area contributed by atoms with Gasteiger partial charge in [0.25, 0.3) is 0 Å². The topological polar surface area (TPSA) is 17.1 Å². The molecular weight excluding hydrogens is 186 g/mol. The predicted molar refractivity (Wildman–Crippen MR) is 49.9 cm³/mol. The number of ketones is 1. The van der Waals surface area contributed by atoms with Gasteiger partial charge in [-0.05, 0) is 25.1 Å². The lowest BCUT2D eigenvalue weighted by atomic mass is 10.1. The number of benzene rings is 1. The molecule has 0 N–H and O–H groups in total. The van der Waals surface area contributed by atoms with E-state index in [1.807, 2.05) is 0 Å². The summed E-state index contributed by atoms with van der Waals surface area (Å²) in [6.45, 7) is 1.68. The molecule has 0 aromatic heterocycles. The Morgan fingerprint density at radius 2 is 1.93 bits per heavy atom. The SMILES string of the molecule is C/C=C/C(=O)Cc1c(F)cccc1F. The van der Waals surface area contributed by atoms with E-state index in [1.54, 1.807) is 13.0 Å². The minimum Gasteiger partial charge on any atom is -0.294 e. The van der Waals surface area contributed by atoms with Crippen molar-refractivity contribution < 1.29 is 13.6 Å². The predicted octanol–water partition coefficient (Wildman–Crippen LogP) is 2.65. The van der Waals surface area contributed by atoms with E-state index >= 15 is 0 Å². The Labute approximate surface area is 81.1 Å². The summed E-state index contributed by atoms with van der Waals surface area (Å²) in [5.74, 6) is -1.66. The van der Waals surface area contributed by atoms with Crippen LogP contribution in [0.2, 0.25) is 0 Å². The fourth-order valence-corrected chi connectivity index (χ4v) is 1.12. The zero-order chi connectivity index (χ0) is 10.6. The van der Waals surface area contributed by atoms with Crippen LogP contribution in [0.1, 0.15) is 12.5 Å². The van der Waals surface area contributed by atoms with E-state index in [9.17, 15) is 13.6 Å². The molecule has 0 unspecified atom stereocenters. The summed E-state index contributed by atoms with van der Waals surface area (Å²) in [6.07, 6.45) is 2.61. The van der Waals surface area contributed by atoms with Gasteiger partial charge in [0.2, 0.25) is 0 Å². The molecule has 0 radical (unpaired) electrons. The maximum Gasteiger partial charge on any atom is 0.159 e. The van der Waals surface area contributed by atoms with E-state index in [0.29, 0.717) is 0 Å². The van der Waals surface area contributed by atoms with Gasteiger partial charge in [0.15, 0.2) is 5.78 Å². The lowest BCUT2D eigenvalue weighted by Gasteiger charge is -2.01. The smallest absolute Gasteiger partial charge is 0.159 e. The van der Waals surface area contributed by atoms with Crippen molar-refractivity contribution in [3.8, 4) is 0 Å². The first-order valence-corrected chi connectivity index (χ1v) is 4.23. The summed E-state index contributed by atoms with van der Waals surface area (Å²) in [4.78, 5) is 11.1. The average Bonchev–Trinajstić information content (AvgIpc) is 2.12. The quantitative estimate of drug-likeness (QED) is 0.679. The van der Waals surface area contributed by atoms with Gasteiger partial charge in [0, 0.05) is 12.0 Å². The number of hydrogen-bond donors (Lipinski definition) is 0. The van der Waals surface area contributed by atoms with Crippen LogP contribution in [0.15, 0.2) is 30.4 Å². The summed E-state index contributed by atoms with van der Waals surface area (Å²) in [5.41, 5.74) is -0.171. The van der Waals surface area contributed by atoms with Gasteiger partial charge in [-0.2, -0.15) is 0 Å². The lowest BCUT2D eigenvalue weighted by Crippen LogP contribution is -2.03. The molecule has 1 aromatic carbocycles. The molecular formula is C11H10F2O. The minimum atomic E-state index is -0.678. The second-order valence-corrected chi connectivity index (χ2v) is 2.84. The van der Waals surface area contributed by atoms with Crippen LogP contribution in [-0.4, -0.2) is 5.78 Å². The van der Waals surface area contributed by atoms with Gasteiger partial charge < -0.3 is 0 Å². The normalized spacial score (nSPS) is 10.8. The molecule has 14 heavy (non-hydrogen) atoms. The van der Waals surface area contributed by atoms with Crippen LogP contribution in [0.25, 0.3) is 0 Å². The van der Waals surface area contributed by atoms with E-state index in [2.05, 4.69) is 0 Å². The molecule has 0 bridgehead atoms. The Bertz CT molecular complexity index is 349. The molecule has 0 fully saturated rings. The number of allylic oxidation sites excluding steroid dienone is 2. The Morgan fingerprint density at radius 1 is 1.36 bits per heavy atom. The highest BCUT2D eigenvalue weighted by Crippen LogP contribution is 2.12. The third kappa shape index (κ3) is 2.49. The van der Waals surface area contributed by atoms with Gasteiger partial charge in [-0.15, -0.1) is 0 Å². The Morgan fingerprint density at radius 3 is 2.43 bits per heavy atom. The van der Waals surface area contributed by atoms with E-state index in [0.717, 1.165) is 12.1 Å². The van der Waals surface area contributed by atoms with Crippen LogP contribution in [0.4, 0.5) is 8.78 Å². The Kier molecular flexibility index (Phi) is 3.51. The van der Waals surface area contributed by atoms with Gasteiger partial charge >= 0.3 is 0 Å². The fourth-order valence-electron chi connectivity index (χ4n) is 1.12. The largest absolute Gasteiger partial charge is 0.294 e. The summed E-state index contributed by atoms with van der Waals surface area (Å²) >= 11 is 0. The lowest BCUT2D eigenvalue weighted by molar-refractivity contribution is -0.114. The molecule has 74 valence electrons. The fraction of sp³-hybridized carbons (Fsp3) is 0.182. The summed E-state index contributed by atoms with van der Waals surface area (Å²) < 4.78 is 26.1. The van der Waals surface area contributed by atoms with Crippen molar-refractivity contribution in [1.82, 2.24) is 0 Å². The van der Waals surface area contributed by atoms with Crippen LogP contribution >= 0.6 is 0 Å². The second-order valence-electron chi connectivity index (χ2n) is 2.84. The van der Waals surface area contributed by atoms with E-state index in [4.69, 9.17) is 0 Å². The van der Waals surface area contributed by atoms with Crippen LogP contribution in [0.5, 0.6) is 0 Å². The van der Waals surface area contributed by atoms with Crippen LogP contribution in [-0.2, 0) is 11.2 Å². The van der Waals surface area contributed by atoms with Gasteiger partial charge in [-0.1, -0.05) is 12.1 Å². The zero-order valence-corrected chi connectivity index (χ0v) is 7.76. The summed E-state index contributed by atoms with van der Waals surface area (Å²) in [6, 6.07) is 3.55. The van der Waals surface area contributed by atoms with E-state index in [1.165, 1.54) is 12.1 Å². The third-order valence-corrected chi connectivity index (χ3v) is 1.77. The average molecular weight is 196 g/mol. The van der Waals surface area contributed by atoms with E-state index in [-0.39, 0.29) is 17.8 Å². The van der Waals surface area contributed by atoms with Crippen LogP contribution in [0.3, 0.4) is 0 Å². The van der Waals surface area contributed by atoms with Gasteiger partial charge in [-0.3, -0.25) is 4.79 Å². The molecule has 0 heterocycles. The number of hydrogen-bond acceptors (Lipinski definition) is 1. The minimum absolute atomic E-state index is 0.171.